The zero-order valence-corrected chi connectivity index (χ0v) is 9.17. The van der Waals surface area contributed by atoms with E-state index in [1.54, 1.807) is 0 Å². The lowest BCUT2D eigenvalue weighted by molar-refractivity contribution is -0.127. The van der Waals surface area contributed by atoms with Crippen LogP contribution in [0.1, 0.15) is 39.0 Å². The summed E-state index contributed by atoms with van der Waals surface area (Å²) in [5.74, 6) is 0.960. The highest BCUT2D eigenvalue weighted by atomic mass is 16.2. The van der Waals surface area contributed by atoms with Gasteiger partial charge in [0.15, 0.2) is 0 Å². The number of hydrogen-bond donors (Lipinski definition) is 1. The van der Waals surface area contributed by atoms with Gasteiger partial charge in [-0.15, -0.1) is 0 Å². The van der Waals surface area contributed by atoms with E-state index in [0.717, 1.165) is 51.7 Å². The minimum absolute atomic E-state index is 0.351. The summed E-state index contributed by atoms with van der Waals surface area (Å²) in [4.78, 5) is 13.5. The highest BCUT2D eigenvalue weighted by Crippen LogP contribution is 2.20. The Morgan fingerprint density at radius 2 is 2.21 bits per heavy atom. The van der Waals surface area contributed by atoms with Crippen LogP contribution in [0.15, 0.2) is 0 Å². The van der Waals surface area contributed by atoms with Crippen molar-refractivity contribution < 1.29 is 4.79 Å². The molecule has 1 aliphatic rings. The van der Waals surface area contributed by atoms with Crippen molar-refractivity contribution in [2.45, 2.75) is 39.0 Å². The van der Waals surface area contributed by atoms with Crippen LogP contribution in [0.25, 0.3) is 0 Å². The summed E-state index contributed by atoms with van der Waals surface area (Å²) in [6.07, 6.45) is 5.24. The third-order valence-corrected chi connectivity index (χ3v) is 3.00. The molecule has 0 aromatic rings. The molecule has 3 heteroatoms. The fourth-order valence-corrected chi connectivity index (χ4v) is 1.97. The van der Waals surface area contributed by atoms with E-state index in [4.69, 9.17) is 5.73 Å². The first-order chi connectivity index (χ1) is 6.77. The third kappa shape index (κ3) is 3.29. The van der Waals surface area contributed by atoms with E-state index in [0.29, 0.717) is 11.8 Å². The third-order valence-electron chi connectivity index (χ3n) is 3.00. The van der Waals surface area contributed by atoms with Crippen LogP contribution < -0.4 is 5.73 Å². The number of nitrogens with two attached hydrogens (primary N) is 1. The lowest BCUT2D eigenvalue weighted by Gasteiger charge is -2.15. The quantitative estimate of drug-likeness (QED) is 0.655. The van der Waals surface area contributed by atoms with E-state index >= 15 is 0 Å². The van der Waals surface area contributed by atoms with E-state index in [1.807, 2.05) is 4.90 Å². The maximum atomic E-state index is 11.5. The van der Waals surface area contributed by atoms with Gasteiger partial charge in [-0.2, -0.15) is 0 Å². The summed E-state index contributed by atoms with van der Waals surface area (Å²) in [5.41, 5.74) is 5.41. The fourth-order valence-electron chi connectivity index (χ4n) is 1.97. The van der Waals surface area contributed by atoms with Crippen LogP contribution in [0.4, 0.5) is 0 Å². The molecule has 0 radical (unpaired) electrons. The van der Waals surface area contributed by atoms with Crippen LogP contribution in [0, 0.1) is 5.92 Å². The summed E-state index contributed by atoms with van der Waals surface area (Å²) in [6, 6.07) is 0. The van der Waals surface area contributed by atoms with Crippen LogP contribution in [0.2, 0.25) is 0 Å². The van der Waals surface area contributed by atoms with Crippen molar-refractivity contribution in [3.05, 3.63) is 0 Å². The van der Waals surface area contributed by atoms with Gasteiger partial charge in [0.25, 0.3) is 0 Å². The smallest absolute Gasteiger partial charge is 0.222 e. The molecule has 1 saturated heterocycles. The minimum Gasteiger partial charge on any atom is -0.342 e. The molecule has 0 saturated carbocycles. The highest BCUT2D eigenvalue weighted by Gasteiger charge is 2.27. The Morgan fingerprint density at radius 1 is 1.43 bits per heavy atom. The molecule has 0 aromatic heterocycles. The molecule has 0 aliphatic carbocycles. The van der Waals surface area contributed by atoms with Gasteiger partial charge >= 0.3 is 0 Å². The Hall–Kier alpha value is -0.570. The van der Waals surface area contributed by atoms with Gasteiger partial charge in [0.05, 0.1) is 0 Å². The first kappa shape index (κ1) is 11.5. The lowest BCUT2D eigenvalue weighted by atomic mass is 10.1. The normalized spacial score (nSPS) is 22.0. The minimum atomic E-state index is 0.351. The average molecular weight is 198 g/mol. The molecule has 2 N–H and O–H groups in total. The zero-order valence-electron chi connectivity index (χ0n) is 9.17. The number of likely N-dealkylation sites (tertiary alicyclic amines) is 1. The predicted octanol–water partition coefficient (Wildman–Crippen LogP) is 1.37. The molecule has 0 spiro atoms. The van der Waals surface area contributed by atoms with E-state index < -0.39 is 0 Å². The first-order valence-electron chi connectivity index (χ1n) is 5.75. The molecule has 1 atom stereocenters. The van der Waals surface area contributed by atoms with E-state index in [9.17, 15) is 4.79 Å². The van der Waals surface area contributed by atoms with Gasteiger partial charge < -0.3 is 10.6 Å². The summed E-state index contributed by atoms with van der Waals surface area (Å²) >= 11 is 0. The molecular formula is C11H22N2O. The van der Waals surface area contributed by atoms with Crippen LogP contribution >= 0.6 is 0 Å². The molecule has 1 unspecified atom stereocenters. The first-order valence-corrected chi connectivity index (χ1v) is 5.75. The van der Waals surface area contributed by atoms with Crippen molar-refractivity contribution in [1.82, 2.24) is 4.90 Å². The van der Waals surface area contributed by atoms with Crippen molar-refractivity contribution in [2.75, 3.05) is 19.6 Å². The number of hydrogen-bond acceptors (Lipinski definition) is 2. The molecule has 1 aliphatic heterocycles. The SMILES string of the molecule is CCC1CC(=O)N(CCCCCN)C1. The highest BCUT2D eigenvalue weighted by molar-refractivity contribution is 5.78. The molecule has 1 fully saturated rings. The molecule has 14 heavy (non-hydrogen) atoms. The van der Waals surface area contributed by atoms with Crippen LogP contribution in [0.3, 0.4) is 0 Å². The molecule has 0 bridgehead atoms. The second kappa shape index (κ2) is 6.02. The van der Waals surface area contributed by atoms with E-state index in [2.05, 4.69) is 6.92 Å². The maximum Gasteiger partial charge on any atom is 0.222 e. The Bertz CT molecular complexity index is 182. The van der Waals surface area contributed by atoms with E-state index in [-0.39, 0.29) is 0 Å². The number of carbonyl (C=O) groups is 1. The lowest BCUT2D eigenvalue weighted by Crippen LogP contribution is -2.26. The summed E-state index contributed by atoms with van der Waals surface area (Å²) in [5, 5.41) is 0. The maximum absolute atomic E-state index is 11.5. The van der Waals surface area contributed by atoms with E-state index in [1.165, 1.54) is 0 Å². The monoisotopic (exact) mass is 198 g/mol. The Labute approximate surface area is 86.6 Å². The average Bonchev–Trinajstić information content (AvgIpc) is 2.54. The predicted molar refractivity (Wildman–Crippen MR) is 57.9 cm³/mol. The largest absolute Gasteiger partial charge is 0.342 e. The number of nitrogens with zero attached hydrogens (tertiary/aromatic N) is 1. The van der Waals surface area contributed by atoms with Crippen molar-refractivity contribution in [3.63, 3.8) is 0 Å². The van der Waals surface area contributed by atoms with Gasteiger partial charge in [-0.05, 0) is 25.3 Å². The molecular weight excluding hydrogens is 176 g/mol. The number of unbranched alkanes of at least 4 members (excludes halogenated alkanes) is 2. The number of rotatable bonds is 6. The second-order valence-corrected chi connectivity index (χ2v) is 4.17. The van der Waals surface area contributed by atoms with Gasteiger partial charge in [0.2, 0.25) is 5.91 Å². The van der Waals surface area contributed by atoms with Crippen molar-refractivity contribution in [1.29, 1.82) is 0 Å². The Balaban J connectivity index is 2.15. The van der Waals surface area contributed by atoms with Gasteiger partial charge in [-0.3, -0.25) is 4.79 Å². The van der Waals surface area contributed by atoms with Gasteiger partial charge in [0.1, 0.15) is 0 Å². The van der Waals surface area contributed by atoms with Crippen molar-refractivity contribution in [2.24, 2.45) is 11.7 Å². The fraction of sp³-hybridized carbons (Fsp3) is 0.909. The number of amides is 1. The molecule has 1 amide bonds. The van der Waals surface area contributed by atoms with Gasteiger partial charge in [-0.25, -0.2) is 0 Å². The van der Waals surface area contributed by atoms with Crippen LogP contribution in [-0.4, -0.2) is 30.4 Å². The Kier molecular flexibility index (Phi) is 4.94. The second-order valence-electron chi connectivity index (χ2n) is 4.17. The van der Waals surface area contributed by atoms with Crippen molar-refractivity contribution >= 4 is 5.91 Å². The van der Waals surface area contributed by atoms with Crippen LogP contribution in [-0.2, 0) is 4.79 Å². The topological polar surface area (TPSA) is 46.3 Å². The Morgan fingerprint density at radius 3 is 2.79 bits per heavy atom. The summed E-state index contributed by atoms with van der Waals surface area (Å²) in [7, 11) is 0. The van der Waals surface area contributed by atoms with Gasteiger partial charge in [0, 0.05) is 19.5 Å². The zero-order chi connectivity index (χ0) is 10.4. The molecule has 1 heterocycles. The van der Waals surface area contributed by atoms with Crippen LogP contribution in [0.5, 0.6) is 0 Å². The molecule has 82 valence electrons. The van der Waals surface area contributed by atoms with Crippen molar-refractivity contribution in [3.8, 4) is 0 Å². The standard InChI is InChI=1S/C11H22N2O/c1-2-10-8-11(14)13(9-10)7-5-3-4-6-12/h10H,2-9,12H2,1H3. The summed E-state index contributed by atoms with van der Waals surface area (Å²) in [6.45, 7) is 4.86. The molecule has 3 nitrogen and oxygen atoms in total. The number of carbonyl (C=O) groups excluding carboxylic acids is 1. The summed E-state index contributed by atoms with van der Waals surface area (Å²) < 4.78 is 0. The molecule has 0 aromatic carbocycles. The van der Waals surface area contributed by atoms with Gasteiger partial charge in [-0.1, -0.05) is 19.8 Å². The molecule has 1 rings (SSSR count).